The molecule has 0 saturated carbocycles. The highest BCUT2D eigenvalue weighted by Gasteiger charge is 2.27. The van der Waals surface area contributed by atoms with E-state index < -0.39 is 5.54 Å². The number of carbonyl (C=O) groups excluding carboxylic acids is 1. The number of fused-ring (bicyclic) bond motifs is 1. The van der Waals surface area contributed by atoms with Crippen LogP contribution in [0, 0.1) is 0 Å². The molecule has 3 N–H and O–H groups in total. The molecule has 2 heterocycles. The van der Waals surface area contributed by atoms with Crippen LogP contribution < -0.4 is 11.1 Å². The Bertz CT molecular complexity index is 458. The van der Waals surface area contributed by atoms with Gasteiger partial charge in [-0.05, 0) is 26.2 Å². The number of hydrogen-bond acceptors (Lipinski definition) is 4. The van der Waals surface area contributed by atoms with Gasteiger partial charge in [-0.25, -0.2) is 0 Å². The number of hydrogen-bond donors (Lipinski definition) is 2. The van der Waals surface area contributed by atoms with Crippen molar-refractivity contribution in [1.29, 1.82) is 0 Å². The van der Waals surface area contributed by atoms with Crippen LogP contribution in [-0.2, 0) is 24.3 Å². The van der Waals surface area contributed by atoms with Crippen LogP contribution in [0.5, 0.6) is 0 Å². The Labute approximate surface area is 125 Å². The van der Waals surface area contributed by atoms with Crippen LogP contribution in [0.2, 0.25) is 0 Å². The smallest absolute Gasteiger partial charge is 0.240 e. The minimum absolute atomic E-state index is 0. The zero-order chi connectivity index (χ0) is 13.9. The van der Waals surface area contributed by atoms with Crippen LogP contribution in [0.1, 0.15) is 51.2 Å². The number of aromatic nitrogens is 3. The average molecular weight is 302 g/mol. The Morgan fingerprint density at radius 1 is 1.45 bits per heavy atom. The Hall–Kier alpha value is -1.14. The summed E-state index contributed by atoms with van der Waals surface area (Å²) in [5.74, 6) is 1.73. The molecule has 114 valence electrons. The van der Waals surface area contributed by atoms with Gasteiger partial charge in [0.25, 0.3) is 0 Å². The molecule has 7 heteroatoms. The lowest BCUT2D eigenvalue weighted by molar-refractivity contribution is -0.126. The number of halogens is 1. The molecule has 1 aromatic rings. The van der Waals surface area contributed by atoms with Gasteiger partial charge in [0.1, 0.15) is 5.82 Å². The largest absolute Gasteiger partial charge is 0.347 e. The first-order valence-corrected chi connectivity index (χ1v) is 7.02. The molecule has 1 aliphatic heterocycles. The molecule has 1 atom stereocenters. The average Bonchev–Trinajstić information content (AvgIpc) is 2.79. The summed E-state index contributed by atoms with van der Waals surface area (Å²) in [6.07, 6.45) is 4.86. The number of amides is 1. The second-order valence-corrected chi connectivity index (χ2v) is 5.49. The quantitative estimate of drug-likeness (QED) is 0.855. The maximum absolute atomic E-state index is 12.0. The van der Waals surface area contributed by atoms with E-state index in [0.29, 0.717) is 13.0 Å². The summed E-state index contributed by atoms with van der Waals surface area (Å²) in [5.41, 5.74) is 5.19. The van der Waals surface area contributed by atoms with E-state index in [4.69, 9.17) is 5.73 Å². The summed E-state index contributed by atoms with van der Waals surface area (Å²) in [6.45, 7) is 5.14. The molecule has 0 aliphatic carbocycles. The fourth-order valence-corrected chi connectivity index (χ4v) is 2.49. The third-order valence-corrected chi connectivity index (χ3v) is 3.63. The maximum atomic E-state index is 12.0. The topological polar surface area (TPSA) is 85.8 Å². The molecule has 0 bridgehead atoms. The molecule has 0 aromatic carbocycles. The summed E-state index contributed by atoms with van der Waals surface area (Å²) in [7, 11) is 0. The molecule has 0 saturated heterocycles. The zero-order valence-corrected chi connectivity index (χ0v) is 13.0. The minimum atomic E-state index is -0.806. The fourth-order valence-electron chi connectivity index (χ4n) is 2.49. The van der Waals surface area contributed by atoms with Crippen LogP contribution in [0.3, 0.4) is 0 Å². The molecule has 1 amide bonds. The lowest BCUT2D eigenvalue weighted by atomic mass is 9.96. The van der Waals surface area contributed by atoms with Gasteiger partial charge in [-0.15, -0.1) is 22.6 Å². The van der Waals surface area contributed by atoms with E-state index in [1.165, 1.54) is 6.42 Å². The highest BCUT2D eigenvalue weighted by Crippen LogP contribution is 2.14. The van der Waals surface area contributed by atoms with E-state index in [-0.39, 0.29) is 18.3 Å². The number of nitrogens with one attached hydrogen (secondary N) is 1. The van der Waals surface area contributed by atoms with Crippen molar-refractivity contribution in [1.82, 2.24) is 20.1 Å². The predicted molar refractivity (Wildman–Crippen MR) is 79.6 cm³/mol. The van der Waals surface area contributed by atoms with Gasteiger partial charge < -0.3 is 15.6 Å². The first-order chi connectivity index (χ1) is 9.04. The fraction of sp³-hybridized carbons (Fsp3) is 0.769. The van der Waals surface area contributed by atoms with Crippen LogP contribution in [0.15, 0.2) is 0 Å². The Balaban J connectivity index is 0.00000200. The second-order valence-electron chi connectivity index (χ2n) is 5.49. The summed E-state index contributed by atoms with van der Waals surface area (Å²) < 4.78 is 2.11. The molecule has 1 aromatic heterocycles. The molecular weight excluding hydrogens is 278 g/mol. The van der Waals surface area contributed by atoms with Gasteiger partial charge in [0.2, 0.25) is 5.91 Å². The third-order valence-electron chi connectivity index (χ3n) is 3.63. The van der Waals surface area contributed by atoms with Crippen molar-refractivity contribution in [2.75, 3.05) is 0 Å². The van der Waals surface area contributed by atoms with Crippen molar-refractivity contribution in [3.05, 3.63) is 11.6 Å². The van der Waals surface area contributed by atoms with Crippen LogP contribution in [-0.4, -0.2) is 26.2 Å². The van der Waals surface area contributed by atoms with Crippen LogP contribution in [0.25, 0.3) is 0 Å². The zero-order valence-electron chi connectivity index (χ0n) is 12.2. The van der Waals surface area contributed by atoms with Gasteiger partial charge in [0.15, 0.2) is 5.82 Å². The van der Waals surface area contributed by atoms with E-state index in [1.54, 1.807) is 6.92 Å². The van der Waals surface area contributed by atoms with Gasteiger partial charge in [0, 0.05) is 13.0 Å². The van der Waals surface area contributed by atoms with Crippen molar-refractivity contribution in [3.63, 3.8) is 0 Å². The SMILES string of the molecule is CCCC(C)(N)C(=O)NCc1nnc2n1CCCC2.Cl. The van der Waals surface area contributed by atoms with Crippen LogP contribution >= 0.6 is 12.4 Å². The van der Waals surface area contributed by atoms with Gasteiger partial charge in [0.05, 0.1) is 12.1 Å². The standard InChI is InChI=1S/C13H23N5O.ClH/c1-3-7-13(2,14)12(19)15-9-11-17-16-10-6-4-5-8-18(10)11;/h3-9,14H2,1-2H3,(H,15,19);1H. The van der Waals surface area contributed by atoms with Crippen molar-refractivity contribution in [3.8, 4) is 0 Å². The Morgan fingerprint density at radius 3 is 2.90 bits per heavy atom. The summed E-state index contributed by atoms with van der Waals surface area (Å²) in [6, 6.07) is 0. The van der Waals surface area contributed by atoms with Crippen molar-refractivity contribution in [2.45, 2.75) is 64.6 Å². The normalized spacial score (nSPS) is 16.8. The Kier molecular flexibility index (Phi) is 5.95. The van der Waals surface area contributed by atoms with E-state index in [0.717, 1.165) is 37.5 Å². The Morgan fingerprint density at radius 2 is 2.20 bits per heavy atom. The molecule has 0 spiro atoms. The van der Waals surface area contributed by atoms with Crippen molar-refractivity contribution in [2.24, 2.45) is 5.73 Å². The molecule has 0 fully saturated rings. The van der Waals surface area contributed by atoms with E-state index >= 15 is 0 Å². The van der Waals surface area contributed by atoms with Crippen molar-refractivity contribution >= 4 is 18.3 Å². The molecule has 0 radical (unpaired) electrons. The highest BCUT2D eigenvalue weighted by atomic mass is 35.5. The number of nitrogens with zero attached hydrogens (tertiary/aromatic N) is 3. The lowest BCUT2D eigenvalue weighted by Gasteiger charge is -2.23. The first-order valence-electron chi connectivity index (χ1n) is 7.02. The summed E-state index contributed by atoms with van der Waals surface area (Å²) in [5, 5.41) is 11.2. The van der Waals surface area contributed by atoms with Gasteiger partial charge in [-0.3, -0.25) is 4.79 Å². The van der Waals surface area contributed by atoms with E-state index in [9.17, 15) is 4.79 Å². The van der Waals surface area contributed by atoms with E-state index in [2.05, 4.69) is 20.1 Å². The molecule has 2 rings (SSSR count). The predicted octanol–water partition coefficient (Wildman–Crippen LogP) is 1.17. The number of nitrogens with two attached hydrogens (primary N) is 1. The number of aryl methyl sites for hydroxylation is 1. The molecule has 1 unspecified atom stereocenters. The molecule has 20 heavy (non-hydrogen) atoms. The van der Waals surface area contributed by atoms with Crippen LogP contribution in [0.4, 0.5) is 0 Å². The lowest BCUT2D eigenvalue weighted by Crippen LogP contribution is -2.51. The van der Waals surface area contributed by atoms with Gasteiger partial charge in [-0.1, -0.05) is 13.3 Å². The second kappa shape index (κ2) is 7.04. The van der Waals surface area contributed by atoms with Crippen molar-refractivity contribution < 1.29 is 4.79 Å². The third kappa shape index (κ3) is 3.70. The summed E-state index contributed by atoms with van der Waals surface area (Å²) >= 11 is 0. The number of rotatable bonds is 5. The molecule has 1 aliphatic rings. The van der Waals surface area contributed by atoms with Gasteiger partial charge in [-0.2, -0.15) is 0 Å². The first kappa shape index (κ1) is 16.9. The highest BCUT2D eigenvalue weighted by molar-refractivity contribution is 5.85. The van der Waals surface area contributed by atoms with Gasteiger partial charge >= 0.3 is 0 Å². The maximum Gasteiger partial charge on any atom is 0.240 e. The van der Waals surface area contributed by atoms with E-state index in [1.807, 2.05) is 6.92 Å². The molecular formula is C13H24ClN5O. The molecule has 6 nitrogen and oxygen atoms in total. The minimum Gasteiger partial charge on any atom is -0.347 e. The number of carbonyl (C=O) groups is 1. The summed E-state index contributed by atoms with van der Waals surface area (Å²) in [4.78, 5) is 12.0. The monoisotopic (exact) mass is 301 g/mol.